The molecule has 0 unspecified atom stereocenters. The average Bonchev–Trinajstić information content (AvgIpc) is 2.63. The van der Waals surface area contributed by atoms with Crippen molar-refractivity contribution in [3.05, 3.63) is 57.1 Å². The fourth-order valence-electron chi connectivity index (χ4n) is 2.43. The lowest BCUT2D eigenvalue weighted by Crippen LogP contribution is -2.22. The van der Waals surface area contributed by atoms with Crippen molar-refractivity contribution in [2.45, 2.75) is 13.5 Å². The first-order chi connectivity index (χ1) is 12.5. The third-order valence-electron chi connectivity index (χ3n) is 3.63. The molecule has 0 heterocycles. The molecule has 2 aromatic carbocycles. The van der Waals surface area contributed by atoms with Crippen LogP contribution in [-0.2, 0) is 6.54 Å². The van der Waals surface area contributed by atoms with Gasteiger partial charge in [0.2, 0.25) is 0 Å². The SMILES string of the molecule is CCOc1c(CNCCNc2ccc([N+](=O)[O-])cc2)cc(Cl)cc1OC.Cl. The first-order valence-corrected chi connectivity index (χ1v) is 8.61. The Morgan fingerprint density at radius 1 is 1.19 bits per heavy atom. The number of methoxy groups -OCH3 is 1. The van der Waals surface area contributed by atoms with E-state index in [-0.39, 0.29) is 18.1 Å². The molecule has 0 fully saturated rings. The van der Waals surface area contributed by atoms with Crippen LogP contribution in [0, 0.1) is 10.1 Å². The van der Waals surface area contributed by atoms with Crippen molar-refractivity contribution >= 4 is 35.4 Å². The number of non-ortho nitro benzene ring substituents is 1. The Labute approximate surface area is 169 Å². The van der Waals surface area contributed by atoms with Gasteiger partial charge < -0.3 is 20.1 Å². The molecule has 0 saturated heterocycles. The molecule has 0 radical (unpaired) electrons. The third-order valence-corrected chi connectivity index (χ3v) is 3.85. The number of nitro benzene ring substituents is 1. The summed E-state index contributed by atoms with van der Waals surface area (Å²) in [5.74, 6) is 1.30. The molecule has 0 aromatic heterocycles. The van der Waals surface area contributed by atoms with E-state index < -0.39 is 4.92 Å². The topological polar surface area (TPSA) is 85.7 Å². The molecule has 0 aliphatic rings. The van der Waals surface area contributed by atoms with Crippen LogP contribution in [0.15, 0.2) is 36.4 Å². The van der Waals surface area contributed by atoms with Gasteiger partial charge in [-0.15, -0.1) is 12.4 Å². The average molecular weight is 416 g/mol. The van der Waals surface area contributed by atoms with Gasteiger partial charge in [-0.3, -0.25) is 10.1 Å². The number of halogens is 2. The molecule has 0 atom stereocenters. The van der Waals surface area contributed by atoms with Crippen LogP contribution in [0.3, 0.4) is 0 Å². The summed E-state index contributed by atoms with van der Waals surface area (Å²) < 4.78 is 11.0. The Morgan fingerprint density at radius 2 is 1.89 bits per heavy atom. The molecule has 0 spiro atoms. The van der Waals surface area contributed by atoms with Crippen LogP contribution in [0.4, 0.5) is 11.4 Å². The van der Waals surface area contributed by atoms with Gasteiger partial charge in [-0.2, -0.15) is 0 Å². The summed E-state index contributed by atoms with van der Waals surface area (Å²) in [4.78, 5) is 10.2. The molecule has 0 bridgehead atoms. The van der Waals surface area contributed by atoms with E-state index in [1.54, 1.807) is 25.3 Å². The highest BCUT2D eigenvalue weighted by molar-refractivity contribution is 6.30. The molecule has 2 aromatic rings. The van der Waals surface area contributed by atoms with Gasteiger partial charge in [0, 0.05) is 54.1 Å². The minimum atomic E-state index is -0.416. The summed E-state index contributed by atoms with van der Waals surface area (Å²) in [5.41, 5.74) is 1.83. The maximum absolute atomic E-state index is 10.6. The predicted molar refractivity (Wildman–Crippen MR) is 110 cm³/mol. The second-order valence-electron chi connectivity index (χ2n) is 5.44. The van der Waals surface area contributed by atoms with E-state index in [4.69, 9.17) is 21.1 Å². The summed E-state index contributed by atoms with van der Waals surface area (Å²) in [6.07, 6.45) is 0. The standard InChI is InChI=1S/C18H22ClN3O4.ClH/c1-3-26-18-13(10-14(19)11-17(18)25-2)12-20-8-9-21-15-4-6-16(7-5-15)22(23)24;/h4-7,10-11,20-21H,3,8-9,12H2,1-2H3;1H. The molecule has 2 rings (SSSR count). The number of anilines is 1. The molecule has 27 heavy (non-hydrogen) atoms. The molecule has 0 aliphatic carbocycles. The molecule has 0 amide bonds. The first-order valence-electron chi connectivity index (χ1n) is 8.23. The Kier molecular flexibility index (Phi) is 9.71. The van der Waals surface area contributed by atoms with Crippen molar-refractivity contribution in [3.63, 3.8) is 0 Å². The highest BCUT2D eigenvalue weighted by Gasteiger charge is 2.12. The molecular weight excluding hydrogens is 393 g/mol. The lowest BCUT2D eigenvalue weighted by Gasteiger charge is -2.15. The summed E-state index contributed by atoms with van der Waals surface area (Å²) in [6, 6.07) is 9.91. The van der Waals surface area contributed by atoms with Crippen LogP contribution in [0.5, 0.6) is 11.5 Å². The van der Waals surface area contributed by atoms with Gasteiger partial charge in [-0.05, 0) is 25.1 Å². The van der Waals surface area contributed by atoms with Crippen molar-refractivity contribution in [2.75, 3.05) is 32.1 Å². The molecule has 0 saturated carbocycles. The van der Waals surface area contributed by atoms with E-state index in [1.165, 1.54) is 12.1 Å². The fourth-order valence-corrected chi connectivity index (χ4v) is 2.66. The van der Waals surface area contributed by atoms with E-state index in [9.17, 15) is 10.1 Å². The molecule has 7 nitrogen and oxygen atoms in total. The molecule has 0 aliphatic heterocycles. The maximum Gasteiger partial charge on any atom is 0.269 e. The minimum absolute atomic E-state index is 0. The van der Waals surface area contributed by atoms with E-state index in [0.717, 1.165) is 11.3 Å². The number of nitrogens with zero attached hydrogens (tertiary/aromatic N) is 1. The van der Waals surface area contributed by atoms with E-state index in [2.05, 4.69) is 10.6 Å². The number of hydrogen-bond acceptors (Lipinski definition) is 6. The maximum atomic E-state index is 10.6. The highest BCUT2D eigenvalue weighted by atomic mass is 35.5. The van der Waals surface area contributed by atoms with Crippen molar-refractivity contribution in [1.29, 1.82) is 0 Å². The molecule has 148 valence electrons. The number of benzene rings is 2. The predicted octanol–water partition coefficient (Wildman–Crippen LogP) is 4.28. The van der Waals surface area contributed by atoms with Crippen molar-refractivity contribution in [3.8, 4) is 11.5 Å². The largest absolute Gasteiger partial charge is 0.493 e. The molecular formula is C18H23Cl2N3O4. The lowest BCUT2D eigenvalue weighted by atomic mass is 10.2. The van der Waals surface area contributed by atoms with E-state index >= 15 is 0 Å². The molecule has 2 N–H and O–H groups in total. The Balaban J connectivity index is 0.00000364. The zero-order chi connectivity index (χ0) is 18.9. The number of ether oxygens (including phenoxy) is 2. The monoisotopic (exact) mass is 415 g/mol. The number of nitrogens with one attached hydrogen (secondary N) is 2. The van der Waals surface area contributed by atoms with Crippen LogP contribution in [0.2, 0.25) is 5.02 Å². The van der Waals surface area contributed by atoms with E-state index in [0.29, 0.717) is 42.8 Å². The first kappa shape index (κ1) is 22.8. The lowest BCUT2D eigenvalue weighted by molar-refractivity contribution is -0.384. The fraction of sp³-hybridized carbons (Fsp3) is 0.333. The Morgan fingerprint density at radius 3 is 2.48 bits per heavy atom. The quantitative estimate of drug-likeness (QED) is 0.342. The summed E-state index contributed by atoms with van der Waals surface area (Å²) >= 11 is 6.13. The Bertz CT molecular complexity index is 742. The number of nitro groups is 1. The van der Waals surface area contributed by atoms with Crippen LogP contribution in [0.25, 0.3) is 0 Å². The van der Waals surface area contributed by atoms with Gasteiger partial charge in [-0.25, -0.2) is 0 Å². The van der Waals surface area contributed by atoms with Crippen molar-refractivity contribution in [1.82, 2.24) is 5.32 Å². The van der Waals surface area contributed by atoms with E-state index in [1.807, 2.05) is 13.0 Å². The zero-order valence-corrected chi connectivity index (χ0v) is 16.7. The number of rotatable bonds is 10. The second-order valence-corrected chi connectivity index (χ2v) is 5.87. The third kappa shape index (κ3) is 6.78. The van der Waals surface area contributed by atoms with Gasteiger partial charge in [0.05, 0.1) is 18.6 Å². The highest BCUT2D eigenvalue weighted by Crippen LogP contribution is 2.34. The van der Waals surface area contributed by atoms with Crippen LogP contribution < -0.4 is 20.1 Å². The smallest absolute Gasteiger partial charge is 0.269 e. The van der Waals surface area contributed by atoms with Crippen LogP contribution in [0.1, 0.15) is 12.5 Å². The second kappa shape index (κ2) is 11.5. The van der Waals surface area contributed by atoms with Crippen molar-refractivity contribution in [2.24, 2.45) is 0 Å². The van der Waals surface area contributed by atoms with Gasteiger partial charge in [-0.1, -0.05) is 11.6 Å². The zero-order valence-electron chi connectivity index (χ0n) is 15.2. The summed E-state index contributed by atoms with van der Waals surface area (Å²) in [5, 5.41) is 17.7. The van der Waals surface area contributed by atoms with Crippen molar-refractivity contribution < 1.29 is 14.4 Å². The number of hydrogen-bond donors (Lipinski definition) is 2. The van der Waals surface area contributed by atoms with Gasteiger partial charge in [0.15, 0.2) is 11.5 Å². The van der Waals surface area contributed by atoms with Crippen LogP contribution in [-0.4, -0.2) is 31.7 Å². The molecule has 9 heteroatoms. The minimum Gasteiger partial charge on any atom is -0.493 e. The summed E-state index contributed by atoms with van der Waals surface area (Å²) in [7, 11) is 1.58. The normalized spacial score (nSPS) is 10.0. The van der Waals surface area contributed by atoms with Crippen LogP contribution >= 0.6 is 24.0 Å². The Hall–Kier alpha value is -2.22. The van der Waals surface area contributed by atoms with Gasteiger partial charge >= 0.3 is 0 Å². The summed E-state index contributed by atoms with van der Waals surface area (Å²) in [6.45, 7) is 4.39. The van der Waals surface area contributed by atoms with Gasteiger partial charge in [0.25, 0.3) is 5.69 Å². The van der Waals surface area contributed by atoms with Gasteiger partial charge in [0.1, 0.15) is 0 Å².